The van der Waals surface area contributed by atoms with Crippen LogP contribution in [0.3, 0.4) is 0 Å². The van der Waals surface area contributed by atoms with Crippen LogP contribution in [0.25, 0.3) is 0 Å². The number of carbonyl (C=O) groups excluding carboxylic acids is 1. The van der Waals surface area contributed by atoms with Crippen LogP contribution in [-0.4, -0.2) is 30.0 Å². The maximum Gasteiger partial charge on any atom is 0.434 e. The molecule has 1 aliphatic heterocycles. The summed E-state index contributed by atoms with van der Waals surface area (Å²) in [6.45, 7) is 0.00582. The molecule has 0 spiro atoms. The lowest BCUT2D eigenvalue weighted by atomic mass is 9.76. The molecule has 2 aromatic carbocycles. The fourth-order valence-electron chi connectivity index (χ4n) is 3.75. The van der Waals surface area contributed by atoms with Gasteiger partial charge in [0.15, 0.2) is 0 Å². The summed E-state index contributed by atoms with van der Waals surface area (Å²) in [5.41, 5.74) is 2.26. The largest absolute Gasteiger partial charge is 0.434 e. The van der Waals surface area contributed by atoms with Crippen molar-refractivity contribution in [2.75, 3.05) is 13.1 Å². The zero-order valence-corrected chi connectivity index (χ0v) is 14.2. The molecule has 1 saturated heterocycles. The topological polar surface area (TPSA) is 29.5 Å². The molecule has 0 unspecified atom stereocenters. The van der Waals surface area contributed by atoms with Gasteiger partial charge in [0.05, 0.1) is 0 Å². The van der Waals surface area contributed by atoms with Crippen LogP contribution in [0.15, 0.2) is 60.7 Å². The van der Waals surface area contributed by atoms with Gasteiger partial charge in [0.25, 0.3) is 0 Å². The summed E-state index contributed by atoms with van der Waals surface area (Å²) in [5.74, 6) is -1.92. The van der Waals surface area contributed by atoms with Crippen molar-refractivity contribution in [3.63, 3.8) is 0 Å². The van der Waals surface area contributed by atoms with Crippen molar-refractivity contribution >= 4 is 5.97 Å². The van der Waals surface area contributed by atoms with Gasteiger partial charge in [-0.05, 0) is 29.9 Å². The van der Waals surface area contributed by atoms with E-state index in [-0.39, 0.29) is 24.9 Å². The molecule has 0 amide bonds. The lowest BCUT2D eigenvalue weighted by molar-refractivity contribution is -0.239. The Bertz CT molecular complexity index is 677. The average Bonchev–Trinajstić information content (AvgIpc) is 2.69. The number of piperidine rings is 1. The van der Waals surface area contributed by atoms with Gasteiger partial charge < -0.3 is 0 Å². The lowest BCUT2D eigenvalue weighted by Gasteiger charge is -2.38. The minimum Gasteiger partial charge on any atom is -0.246 e. The highest BCUT2D eigenvalue weighted by atomic mass is 19.3. The Hall–Kier alpha value is -2.34. The normalized spacial score (nSPS) is 16.6. The first kappa shape index (κ1) is 18.5. The summed E-state index contributed by atoms with van der Waals surface area (Å²) in [6.07, 6.45) is 0.952. The maximum atomic E-state index is 13.9. The molecule has 0 N–H and O–H groups in total. The standard InChI is InChI=1S/C20H20F3NO2/c21-20(22,19(25)26-23)24-13-11-17(12-14-24)18(15-7-3-1-4-8-15)16-9-5-2-6-10-16/h1-10,17-18H,11-14H2. The number of hydrogen-bond donors (Lipinski definition) is 0. The SMILES string of the molecule is O=C(OF)C(F)(F)N1CCC(C(c2ccccc2)c2ccccc2)CC1. The Balaban J connectivity index is 1.79. The van der Waals surface area contributed by atoms with E-state index >= 15 is 0 Å². The van der Waals surface area contributed by atoms with Crippen LogP contribution in [0.5, 0.6) is 0 Å². The van der Waals surface area contributed by atoms with Gasteiger partial charge in [0, 0.05) is 23.5 Å². The Morgan fingerprint density at radius 1 is 0.962 bits per heavy atom. The van der Waals surface area contributed by atoms with E-state index < -0.39 is 12.0 Å². The number of halogens is 3. The monoisotopic (exact) mass is 363 g/mol. The molecule has 26 heavy (non-hydrogen) atoms. The van der Waals surface area contributed by atoms with E-state index in [0.717, 1.165) is 11.1 Å². The molecule has 0 atom stereocenters. The van der Waals surface area contributed by atoms with E-state index in [2.05, 4.69) is 4.94 Å². The molecule has 2 aromatic rings. The van der Waals surface area contributed by atoms with Gasteiger partial charge in [-0.3, -0.25) is 0 Å². The predicted octanol–water partition coefficient (Wildman–Crippen LogP) is 4.55. The average molecular weight is 363 g/mol. The molecule has 0 bridgehead atoms. The van der Waals surface area contributed by atoms with Crippen LogP contribution in [0.1, 0.15) is 29.9 Å². The van der Waals surface area contributed by atoms with Gasteiger partial charge in [-0.15, -0.1) is 0 Å². The first-order chi connectivity index (χ1) is 12.5. The number of benzene rings is 2. The molecule has 138 valence electrons. The number of alkyl halides is 2. The predicted molar refractivity (Wildman–Crippen MR) is 91.2 cm³/mol. The zero-order chi connectivity index (χ0) is 18.6. The minimum atomic E-state index is -3.94. The van der Waals surface area contributed by atoms with Crippen LogP contribution in [0.4, 0.5) is 13.3 Å². The second kappa shape index (κ2) is 7.91. The third-order valence-electron chi connectivity index (χ3n) is 5.04. The minimum absolute atomic E-state index is 0.00291. The van der Waals surface area contributed by atoms with E-state index in [4.69, 9.17) is 0 Å². The van der Waals surface area contributed by atoms with Crippen LogP contribution in [-0.2, 0) is 9.74 Å². The molecule has 1 heterocycles. The summed E-state index contributed by atoms with van der Waals surface area (Å²) in [5, 5.41) is 0. The molecule has 0 radical (unpaired) electrons. The molecular formula is C20H20F3NO2. The summed E-state index contributed by atoms with van der Waals surface area (Å²) >= 11 is 0. The van der Waals surface area contributed by atoms with Crippen molar-refractivity contribution in [2.45, 2.75) is 24.8 Å². The van der Waals surface area contributed by atoms with E-state index in [1.54, 1.807) is 0 Å². The molecular weight excluding hydrogens is 343 g/mol. The number of likely N-dealkylation sites (tertiary alicyclic amines) is 1. The van der Waals surface area contributed by atoms with Crippen molar-refractivity contribution in [3.8, 4) is 0 Å². The van der Waals surface area contributed by atoms with Gasteiger partial charge in [-0.25, -0.2) is 14.6 Å². The van der Waals surface area contributed by atoms with Gasteiger partial charge in [0.1, 0.15) is 0 Å². The van der Waals surface area contributed by atoms with Crippen molar-refractivity contribution in [3.05, 3.63) is 71.8 Å². The Morgan fingerprint density at radius 3 is 1.85 bits per heavy atom. The highest BCUT2D eigenvalue weighted by Gasteiger charge is 2.49. The van der Waals surface area contributed by atoms with Crippen molar-refractivity contribution in [1.29, 1.82) is 0 Å². The number of rotatable bonds is 5. The van der Waals surface area contributed by atoms with E-state index in [1.165, 1.54) is 0 Å². The first-order valence-corrected chi connectivity index (χ1v) is 8.60. The van der Waals surface area contributed by atoms with Gasteiger partial charge in [-0.1, -0.05) is 60.7 Å². The van der Waals surface area contributed by atoms with Gasteiger partial charge in [0.2, 0.25) is 0 Å². The highest BCUT2D eigenvalue weighted by Crippen LogP contribution is 2.39. The number of hydrogen-bond acceptors (Lipinski definition) is 3. The molecule has 6 heteroatoms. The highest BCUT2D eigenvalue weighted by molar-refractivity contribution is 5.76. The smallest absolute Gasteiger partial charge is 0.246 e. The fraction of sp³-hybridized carbons (Fsp3) is 0.350. The third-order valence-corrected chi connectivity index (χ3v) is 5.04. The third kappa shape index (κ3) is 3.75. The number of nitrogens with zero attached hydrogens (tertiary/aromatic N) is 1. The van der Waals surface area contributed by atoms with E-state index in [1.807, 2.05) is 60.7 Å². The molecule has 1 aliphatic rings. The zero-order valence-electron chi connectivity index (χ0n) is 14.2. The summed E-state index contributed by atoms with van der Waals surface area (Å²) < 4.78 is 39.7. The maximum absolute atomic E-state index is 13.9. The fourth-order valence-corrected chi connectivity index (χ4v) is 3.75. The molecule has 0 saturated carbocycles. The summed E-state index contributed by atoms with van der Waals surface area (Å²) in [6, 6.07) is 16.0. The second-order valence-corrected chi connectivity index (χ2v) is 6.53. The van der Waals surface area contributed by atoms with E-state index in [9.17, 15) is 18.1 Å². The van der Waals surface area contributed by atoms with Gasteiger partial charge in [-0.2, -0.15) is 8.78 Å². The molecule has 3 nitrogen and oxygen atoms in total. The molecule has 0 aromatic heterocycles. The second-order valence-electron chi connectivity index (χ2n) is 6.53. The summed E-state index contributed by atoms with van der Waals surface area (Å²) in [4.78, 5) is 14.4. The Kier molecular flexibility index (Phi) is 5.61. The Labute approximate surface area is 150 Å². The van der Waals surface area contributed by atoms with Gasteiger partial charge >= 0.3 is 12.0 Å². The first-order valence-electron chi connectivity index (χ1n) is 8.60. The molecule has 1 fully saturated rings. The number of carbonyl (C=O) groups is 1. The van der Waals surface area contributed by atoms with Crippen molar-refractivity contribution in [2.24, 2.45) is 5.92 Å². The van der Waals surface area contributed by atoms with Crippen molar-refractivity contribution in [1.82, 2.24) is 4.90 Å². The van der Waals surface area contributed by atoms with Crippen LogP contribution in [0, 0.1) is 5.92 Å². The molecule has 0 aliphatic carbocycles. The van der Waals surface area contributed by atoms with Crippen LogP contribution < -0.4 is 0 Å². The van der Waals surface area contributed by atoms with E-state index in [0.29, 0.717) is 17.7 Å². The van der Waals surface area contributed by atoms with Crippen molar-refractivity contribution < 1.29 is 23.0 Å². The van der Waals surface area contributed by atoms with Crippen LogP contribution in [0.2, 0.25) is 0 Å². The summed E-state index contributed by atoms with van der Waals surface area (Å²) in [7, 11) is 0. The lowest BCUT2D eigenvalue weighted by Crippen LogP contribution is -2.51. The Morgan fingerprint density at radius 2 is 1.42 bits per heavy atom. The molecule has 3 rings (SSSR count). The van der Waals surface area contributed by atoms with Crippen LogP contribution >= 0.6 is 0 Å². The quantitative estimate of drug-likeness (QED) is 0.730.